The molecule has 6 aliphatic rings. The Hall–Kier alpha value is -1.25. The average Bonchev–Trinajstić information content (AvgIpc) is 3.37. The molecule has 1 saturated heterocycles. The molecule has 0 aromatic carbocycles. The average molecular weight is 535 g/mol. The fourth-order valence-electron chi connectivity index (χ4n) is 9.92. The van der Waals surface area contributed by atoms with Gasteiger partial charge in [-0.25, -0.2) is 4.79 Å². The Balaban J connectivity index is 1.39. The molecule has 0 amide bonds. The van der Waals surface area contributed by atoms with Crippen LogP contribution in [-0.2, 0) is 23.8 Å². The smallest absolute Gasteiger partial charge is 0.334 e. The van der Waals surface area contributed by atoms with E-state index < -0.39 is 40.5 Å². The summed E-state index contributed by atoms with van der Waals surface area (Å²) in [7, 11) is 1.68. The van der Waals surface area contributed by atoms with Gasteiger partial charge in [-0.15, -0.1) is 11.6 Å². The second-order valence-corrected chi connectivity index (χ2v) is 13.5. The summed E-state index contributed by atoms with van der Waals surface area (Å²) in [5.41, 5.74) is -2.16. The number of fused-ring (bicyclic) bond motifs is 4. The Labute approximate surface area is 223 Å². The molecule has 37 heavy (non-hydrogen) atoms. The molecule has 6 rings (SSSR count). The standard InChI is InChI=1S/C29H39ClO7/c1-14-12-23(36-24(33)15(14)2)27(4)19-7-6-18-16-13-20(30)29(34)22(32)9-8-21(31)26(29,3)17(16)10-11-28(18,19)25(35-5)37-27/h8-9,16-20,22-23,25,32,34H,6-7,10-13H2,1-5H3/t16-,17+,18+,19-,20+,22+,23-,25-,26+,27-,28-,29+/m1/s1. The quantitative estimate of drug-likeness (QED) is 0.411. The van der Waals surface area contributed by atoms with E-state index in [1.807, 2.05) is 13.8 Å². The van der Waals surface area contributed by atoms with E-state index in [9.17, 15) is 19.8 Å². The molecule has 0 unspecified atom stereocenters. The normalized spacial score (nSPS) is 54.9. The number of aliphatic hydroxyl groups is 2. The van der Waals surface area contributed by atoms with E-state index in [4.69, 9.17) is 25.8 Å². The zero-order valence-corrected chi connectivity index (χ0v) is 23.1. The Kier molecular flexibility index (Phi) is 5.72. The van der Waals surface area contributed by atoms with Crippen LogP contribution in [0.2, 0.25) is 0 Å². The van der Waals surface area contributed by atoms with Crippen LogP contribution in [0.1, 0.15) is 66.2 Å². The third-order valence-corrected chi connectivity index (χ3v) is 12.5. The van der Waals surface area contributed by atoms with Crippen molar-refractivity contribution in [2.24, 2.45) is 34.5 Å². The van der Waals surface area contributed by atoms with E-state index in [1.54, 1.807) is 14.0 Å². The summed E-state index contributed by atoms with van der Waals surface area (Å²) in [5, 5.41) is 21.9. The maximum Gasteiger partial charge on any atom is 0.334 e. The van der Waals surface area contributed by atoms with Crippen LogP contribution in [0.25, 0.3) is 0 Å². The lowest BCUT2D eigenvalue weighted by Gasteiger charge is -2.63. The van der Waals surface area contributed by atoms with Gasteiger partial charge in [-0.2, -0.15) is 0 Å². The van der Waals surface area contributed by atoms with Crippen LogP contribution in [-0.4, -0.2) is 64.2 Å². The molecule has 4 fully saturated rings. The number of esters is 1. The molecule has 2 N–H and O–H groups in total. The van der Waals surface area contributed by atoms with Crippen LogP contribution in [0.15, 0.2) is 23.3 Å². The van der Waals surface area contributed by atoms with Gasteiger partial charge in [0.2, 0.25) is 0 Å². The maximum absolute atomic E-state index is 13.4. The van der Waals surface area contributed by atoms with Crippen molar-refractivity contribution in [3.63, 3.8) is 0 Å². The summed E-state index contributed by atoms with van der Waals surface area (Å²) >= 11 is 6.90. The molecular formula is C29H39ClO7. The molecule has 0 bridgehead atoms. The molecule has 2 heterocycles. The number of aliphatic hydroxyl groups excluding tert-OH is 1. The summed E-state index contributed by atoms with van der Waals surface area (Å²) in [6.07, 6.45) is 5.25. The van der Waals surface area contributed by atoms with Crippen molar-refractivity contribution >= 4 is 23.4 Å². The van der Waals surface area contributed by atoms with Gasteiger partial charge >= 0.3 is 5.97 Å². The lowest BCUT2D eigenvalue weighted by atomic mass is 9.42. The van der Waals surface area contributed by atoms with Crippen LogP contribution in [0, 0.1) is 34.5 Å². The Bertz CT molecular complexity index is 1100. The third-order valence-electron chi connectivity index (χ3n) is 12.0. The van der Waals surface area contributed by atoms with E-state index in [-0.39, 0.29) is 40.8 Å². The molecule has 204 valence electrons. The van der Waals surface area contributed by atoms with Gasteiger partial charge in [0, 0.05) is 30.4 Å². The van der Waals surface area contributed by atoms with Gasteiger partial charge < -0.3 is 24.4 Å². The Morgan fingerprint density at radius 1 is 1.14 bits per heavy atom. The van der Waals surface area contributed by atoms with Crippen molar-refractivity contribution in [3.05, 3.63) is 23.3 Å². The fourth-order valence-corrected chi connectivity index (χ4v) is 10.5. The minimum absolute atomic E-state index is 0.0792. The van der Waals surface area contributed by atoms with E-state index in [0.717, 1.165) is 24.8 Å². The predicted octanol–water partition coefficient (Wildman–Crippen LogP) is 3.69. The summed E-state index contributed by atoms with van der Waals surface area (Å²) in [4.78, 5) is 26.1. The largest absolute Gasteiger partial charge is 0.456 e. The van der Waals surface area contributed by atoms with Gasteiger partial charge in [-0.05, 0) is 89.7 Å². The van der Waals surface area contributed by atoms with Crippen LogP contribution in [0.4, 0.5) is 0 Å². The number of carbonyl (C=O) groups excluding carboxylic acids is 2. The number of hydrogen-bond donors (Lipinski definition) is 2. The molecule has 7 nitrogen and oxygen atoms in total. The highest BCUT2D eigenvalue weighted by molar-refractivity contribution is 6.22. The molecule has 0 aromatic heterocycles. The first-order valence-corrected chi connectivity index (χ1v) is 14.2. The van der Waals surface area contributed by atoms with Crippen molar-refractivity contribution in [1.82, 2.24) is 0 Å². The molecule has 0 radical (unpaired) electrons. The molecule has 2 aliphatic heterocycles. The number of halogens is 1. The highest BCUT2D eigenvalue weighted by Crippen LogP contribution is 2.73. The van der Waals surface area contributed by atoms with Crippen LogP contribution >= 0.6 is 11.6 Å². The minimum Gasteiger partial charge on any atom is -0.456 e. The molecule has 12 atom stereocenters. The van der Waals surface area contributed by atoms with Crippen molar-refractivity contribution in [3.8, 4) is 0 Å². The lowest BCUT2D eigenvalue weighted by molar-refractivity contribution is -0.242. The first-order valence-electron chi connectivity index (χ1n) is 13.7. The van der Waals surface area contributed by atoms with E-state index in [0.29, 0.717) is 24.8 Å². The van der Waals surface area contributed by atoms with Gasteiger partial charge in [0.05, 0.1) is 10.8 Å². The lowest BCUT2D eigenvalue weighted by Crippen LogP contribution is -2.72. The van der Waals surface area contributed by atoms with Crippen molar-refractivity contribution in [2.45, 2.75) is 101 Å². The zero-order valence-electron chi connectivity index (χ0n) is 22.3. The predicted molar refractivity (Wildman–Crippen MR) is 135 cm³/mol. The van der Waals surface area contributed by atoms with Crippen molar-refractivity contribution in [2.75, 3.05) is 7.11 Å². The van der Waals surface area contributed by atoms with E-state index in [1.165, 1.54) is 12.2 Å². The number of methoxy groups -OCH3 is 1. The topological polar surface area (TPSA) is 102 Å². The van der Waals surface area contributed by atoms with E-state index >= 15 is 0 Å². The van der Waals surface area contributed by atoms with Crippen molar-refractivity contribution in [1.29, 1.82) is 0 Å². The fraction of sp³-hybridized carbons (Fsp3) is 0.793. The summed E-state index contributed by atoms with van der Waals surface area (Å²) in [6.45, 7) is 7.68. The van der Waals surface area contributed by atoms with Gasteiger partial charge in [-0.1, -0.05) is 5.57 Å². The number of allylic oxidation sites excluding steroid dienone is 1. The molecule has 3 saturated carbocycles. The number of alkyl halides is 1. The molecule has 8 heteroatoms. The van der Waals surface area contributed by atoms with Gasteiger partial charge in [0.15, 0.2) is 12.1 Å². The van der Waals surface area contributed by atoms with Gasteiger partial charge in [0.1, 0.15) is 23.4 Å². The molecule has 0 aromatic rings. The van der Waals surface area contributed by atoms with Crippen LogP contribution in [0.3, 0.4) is 0 Å². The SMILES string of the molecule is CO[C@@H]1O[C@@](C)([C@H]2CC(C)=C(C)C(=O)O2)[C@H]2CC[C@H]3[C@@H]4C[C@H](Cl)[C@]5(O)[C@@H](O)C=CC(=O)[C@]5(C)[C@H]4CC[C@]123. The highest BCUT2D eigenvalue weighted by atomic mass is 35.5. The zero-order chi connectivity index (χ0) is 26.7. The number of cyclic esters (lactones) is 1. The second kappa shape index (κ2) is 8.14. The van der Waals surface area contributed by atoms with Gasteiger partial charge in [-0.3, -0.25) is 4.79 Å². The number of ether oxygens (including phenoxy) is 3. The molecule has 1 spiro atoms. The summed E-state index contributed by atoms with van der Waals surface area (Å²) in [5.74, 6) is -0.171. The maximum atomic E-state index is 13.4. The number of rotatable bonds is 2. The molecule has 4 aliphatic carbocycles. The first-order chi connectivity index (χ1) is 17.4. The van der Waals surface area contributed by atoms with Crippen molar-refractivity contribution < 1.29 is 34.0 Å². The van der Waals surface area contributed by atoms with Gasteiger partial charge in [0.25, 0.3) is 0 Å². The first kappa shape index (κ1) is 26.0. The third kappa shape index (κ3) is 2.93. The highest BCUT2D eigenvalue weighted by Gasteiger charge is 2.76. The van der Waals surface area contributed by atoms with Crippen LogP contribution in [0.5, 0.6) is 0 Å². The van der Waals surface area contributed by atoms with E-state index in [2.05, 4.69) is 6.92 Å². The number of carbonyl (C=O) groups is 2. The monoisotopic (exact) mass is 534 g/mol. The minimum atomic E-state index is -1.70. The Morgan fingerprint density at radius 3 is 2.54 bits per heavy atom. The Morgan fingerprint density at radius 2 is 1.86 bits per heavy atom. The van der Waals surface area contributed by atoms with Crippen LogP contribution < -0.4 is 0 Å². The molecular weight excluding hydrogens is 496 g/mol. The number of hydrogen-bond acceptors (Lipinski definition) is 7. The summed E-state index contributed by atoms with van der Waals surface area (Å²) < 4.78 is 18.8. The second-order valence-electron chi connectivity index (χ2n) is 12.9. The summed E-state index contributed by atoms with van der Waals surface area (Å²) in [6, 6.07) is 0. The number of ketones is 1.